The third-order valence-electron chi connectivity index (χ3n) is 10.4. The second-order valence-electron chi connectivity index (χ2n) is 15.6. The Kier molecular flexibility index (Phi) is 14.4. The summed E-state index contributed by atoms with van der Waals surface area (Å²) in [6, 6.07) is 29.3. The molecule has 0 N–H and O–H groups in total. The number of aromatic nitrogens is 1. The molecule has 9 nitrogen and oxygen atoms in total. The zero-order valence-electron chi connectivity index (χ0n) is 34.7. The Hall–Kier alpha value is -5.74. The molecule has 59 heavy (non-hydrogen) atoms. The molecule has 0 atom stereocenters. The van der Waals surface area contributed by atoms with Crippen LogP contribution in [0.15, 0.2) is 114 Å². The minimum Gasteiger partial charge on any atom is -0.493 e. The topological polar surface area (TPSA) is 102 Å². The van der Waals surface area contributed by atoms with Gasteiger partial charge in [-0.25, -0.2) is 4.79 Å². The maximum absolute atomic E-state index is 13.3. The van der Waals surface area contributed by atoms with Gasteiger partial charge in [-0.2, -0.15) is 0 Å². The number of thioether (sulfide) groups is 1. The largest absolute Gasteiger partial charge is 0.493 e. The second kappa shape index (κ2) is 19.8. The van der Waals surface area contributed by atoms with E-state index in [-0.39, 0.29) is 23.3 Å². The van der Waals surface area contributed by atoms with Crippen LogP contribution < -0.4 is 18.9 Å². The van der Waals surface area contributed by atoms with Crippen molar-refractivity contribution < 1.29 is 38.1 Å². The van der Waals surface area contributed by atoms with Gasteiger partial charge in [0.1, 0.15) is 17.6 Å². The lowest BCUT2D eigenvalue weighted by Gasteiger charge is -2.28. The summed E-state index contributed by atoms with van der Waals surface area (Å²) in [7, 11) is 1.51. The van der Waals surface area contributed by atoms with Gasteiger partial charge in [-0.15, -0.1) is 0 Å². The number of esters is 2. The number of rotatable bonds is 16. The van der Waals surface area contributed by atoms with Gasteiger partial charge in [-0.3, -0.25) is 9.59 Å². The van der Waals surface area contributed by atoms with E-state index in [1.807, 2.05) is 93.8 Å². The van der Waals surface area contributed by atoms with E-state index in [2.05, 4.69) is 23.6 Å². The van der Waals surface area contributed by atoms with Gasteiger partial charge in [-0.1, -0.05) is 42.1 Å². The van der Waals surface area contributed by atoms with E-state index in [9.17, 15) is 14.4 Å². The molecule has 1 aliphatic rings. The molecule has 4 aromatic carbocycles. The monoisotopic (exact) mass is 815 g/mol. The van der Waals surface area contributed by atoms with Crippen LogP contribution in [-0.2, 0) is 19.1 Å². The van der Waals surface area contributed by atoms with Crippen LogP contribution in [0.1, 0.15) is 76.0 Å². The number of carbonyl (C=O) groups is 3. The van der Waals surface area contributed by atoms with Gasteiger partial charge in [0.05, 0.1) is 25.2 Å². The lowest BCUT2D eigenvalue weighted by Crippen LogP contribution is -2.29. The molecule has 0 unspecified atom stereocenters. The third kappa shape index (κ3) is 11.9. The van der Waals surface area contributed by atoms with Crippen LogP contribution in [-0.4, -0.2) is 47.5 Å². The predicted octanol–water partition coefficient (Wildman–Crippen LogP) is 11.1. The second-order valence-corrected chi connectivity index (χ2v) is 16.8. The van der Waals surface area contributed by atoms with E-state index >= 15 is 0 Å². The molecular weight excluding hydrogens is 763 g/mol. The fourth-order valence-electron chi connectivity index (χ4n) is 7.05. The first kappa shape index (κ1) is 42.9. The van der Waals surface area contributed by atoms with Gasteiger partial charge in [-0.05, 0) is 161 Å². The van der Waals surface area contributed by atoms with E-state index in [0.717, 1.165) is 57.2 Å². The molecule has 0 saturated heterocycles. The molecule has 1 saturated carbocycles. The molecule has 0 amide bonds. The highest BCUT2D eigenvalue weighted by molar-refractivity contribution is 8.13. The lowest BCUT2D eigenvalue weighted by atomic mass is 9.88. The summed E-state index contributed by atoms with van der Waals surface area (Å²) in [4.78, 5) is 38.3. The van der Waals surface area contributed by atoms with E-state index in [4.69, 9.17) is 23.7 Å². The molecular formula is C49H53NO8S. The highest BCUT2D eigenvalue weighted by Crippen LogP contribution is 2.34. The average Bonchev–Trinajstić information content (AvgIpc) is 3.76. The third-order valence-corrected chi connectivity index (χ3v) is 11.2. The normalized spacial score (nSPS) is 15.4. The number of hydrogen-bond acceptors (Lipinski definition) is 9. The fraction of sp³-hybridized carbons (Fsp3) is 0.327. The predicted molar refractivity (Wildman–Crippen MR) is 233 cm³/mol. The minimum atomic E-state index is -0.761. The summed E-state index contributed by atoms with van der Waals surface area (Å²) < 4.78 is 31.6. The Balaban J connectivity index is 0.918. The van der Waals surface area contributed by atoms with Crippen molar-refractivity contribution in [2.45, 2.75) is 90.2 Å². The fourth-order valence-corrected chi connectivity index (χ4v) is 7.65. The molecule has 0 bridgehead atoms. The molecule has 1 aliphatic carbocycles. The first-order valence-corrected chi connectivity index (χ1v) is 20.9. The first-order valence-electron chi connectivity index (χ1n) is 20.1. The maximum Gasteiger partial charge on any atom is 0.331 e. The molecule has 10 heteroatoms. The number of ether oxygens (including phenoxy) is 5. The summed E-state index contributed by atoms with van der Waals surface area (Å²) in [6.45, 7) is 9.87. The van der Waals surface area contributed by atoms with E-state index in [0.29, 0.717) is 49.4 Å². The molecule has 0 radical (unpaired) electrons. The zero-order chi connectivity index (χ0) is 41.9. The summed E-state index contributed by atoms with van der Waals surface area (Å²) in [5, 5.41) is 0.0666. The van der Waals surface area contributed by atoms with E-state index in [1.165, 1.54) is 24.9 Å². The Morgan fingerprint density at radius 1 is 0.797 bits per heavy atom. The molecule has 1 heterocycles. The van der Waals surface area contributed by atoms with Crippen molar-refractivity contribution in [3.05, 3.63) is 126 Å². The van der Waals surface area contributed by atoms with Crippen molar-refractivity contribution in [2.75, 3.05) is 13.7 Å². The number of aryl methyl sites for hydroxylation is 2. The minimum absolute atomic E-state index is 0.0484. The van der Waals surface area contributed by atoms with E-state index in [1.54, 1.807) is 31.2 Å². The van der Waals surface area contributed by atoms with Gasteiger partial charge in [0.15, 0.2) is 16.6 Å². The highest BCUT2D eigenvalue weighted by atomic mass is 32.2. The lowest BCUT2D eigenvalue weighted by molar-refractivity contribution is -0.145. The van der Waals surface area contributed by atoms with Crippen LogP contribution >= 0.6 is 11.8 Å². The summed E-state index contributed by atoms with van der Waals surface area (Å²) in [5.74, 6) is 1.55. The van der Waals surface area contributed by atoms with Crippen molar-refractivity contribution >= 4 is 34.9 Å². The number of hydrogen-bond donors (Lipinski definition) is 0. The van der Waals surface area contributed by atoms with Crippen molar-refractivity contribution in [1.82, 2.24) is 4.57 Å². The van der Waals surface area contributed by atoms with Crippen LogP contribution in [0.4, 0.5) is 0 Å². The van der Waals surface area contributed by atoms with Gasteiger partial charge < -0.3 is 28.3 Å². The molecule has 5 aromatic rings. The van der Waals surface area contributed by atoms with Crippen LogP contribution in [0.5, 0.6) is 23.0 Å². The van der Waals surface area contributed by atoms with Gasteiger partial charge in [0.25, 0.3) is 0 Å². The quantitative estimate of drug-likeness (QED) is 0.0317. The van der Waals surface area contributed by atoms with Crippen molar-refractivity contribution in [1.29, 1.82) is 0 Å². The Bertz CT molecular complexity index is 2240. The Morgan fingerprint density at radius 3 is 2.12 bits per heavy atom. The highest BCUT2D eigenvalue weighted by Gasteiger charge is 2.30. The average molecular weight is 816 g/mol. The smallest absolute Gasteiger partial charge is 0.331 e. The van der Waals surface area contributed by atoms with Crippen LogP contribution in [0.25, 0.3) is 22.9 Å². The van der Waals surface area contributed by atoms with Crippen LogP contribution in [0.3, 0.4) is 0 Å². The summed E-state index contributed by atoms with van der Waals surface area (Å²) in [6.07, 6.45) is 11.2. The summed E-state index contributed by atoms with van der Waals surface area (Å²) in [5.41, 5.74) is 5.38. The molecule has 1 fully saturated rings. The summed E-state index contributed by atoms with van der Waals surface area (Å²) >= 11 is 1.22. The number of methoxy groups -OCH3 is 1. The van der Waals surface area contributed by atoms with E-state index < -0.39 is 11.4 Å². The standard InChI is InChI=1S/C49H53NO8S/c1-33-31-45(34(2)30-43(33)50-27-7-8-28-50)55-29-9-26-49(4,5)48(53)58-44-24-10-36(32-46(44)54-6)11-25-47(52)57-41-20-18-40(19-21-41)56-39-16-12-37(13-17-39)38-14-22-42(23-15-38)59-35(3)51/h7-8,10-17,22-25,27-28,30-32,40-41H,9,18-21,26,29H2,1-6H3. The van der Waals surface area contributed by atoms with Crippen molar-refractivity contribution in [3.8, 4) is 39.8 Å². The molecule has 1 aromatic heterocycles. The molecule has 0 aliphatic heterocycles. The SMILES string of the molecule is COc1cc(C=CC(=O)OC2CCC(Oc3ccc(-c4ccc(SC(C)=O)cc4)cc3)CC2)ccc1OC(=O)C(C)(C)CCCOc1cc(C)c(-n2cccc2)cc1C. The number of carbonyl (C=O) groups excluding carboxylic acids is 3. The molecule has 0 spiro atoms. The van der Waals surface area contributed by atoms with Crippen LogP contribution in [0, 0.1) is 19.3 Å². The van der Waals surface area contributed by atoms with Gasteiger partial charge >= 0.3 is 11.9 Å². The van der Waals surface area contributed by atoms with Crippen molar-refractivity contribution in [2.24, 2.45) is 5.41 Å². The van der Waals surface area contributed by atoms with Crippen LogP contribution in [0.2, 0.25) is 0 Å². The maximum atomic E-state index is 13.3. The molecule has 308 valence electrons. The number of nitrogens with zero attached hydrogens (tertiary/aromatic N) is 1. The first-order chi connectivity index (χ1) is 28.4. The van der Waals surface area contributed by atoms with Crippen molar-refractivity contribution in [3.63, 3.8) is 0 Å². The Morgan fingerprint density at radius 2 is 1.46 bits per heavy atom. The van der Waals surface area contributed by atoms with Gasteiger partial charge in [0, 0.05) is 36.0 Å². The molecule has 6 rings (SSSR count). The number of benzene rings is 4. The zero-order valence-corrected chi connectivity index (χ0v) is 35.5. The van der Waals surface area contributed by atoms with Gasteiger partial charge in [0.2, 0.25) is 0 Å². The Labute approximate surface area is 351 Å².